The summed E-state index contributed by atoms with van der Waals surface area (Å²) < 4.78 is 5.60. The van der Waals surface area contributed by atoms with E-state index in [2.05, 4.69) is 81.9 Å². The molecule has 3 heterocycles. The number of pyridine rings is 1. The Labute approximate surface area is 173 Å². The molecule has 0 unspecified atom stereocenters. The maximum atomic E-state index is 6.14. The molecule has 4 aromatic rings. The minimum atomic E-state index is 0.563. The highest BCUT2D eigenvalue weighted by atomic mass is 32.2. The van der Waals surface area contributed by atoms with Crippen molar-refractivity contribution >= 4 is 47.1 Å². The summed E-state index contributed by atoms with van der Waals surface area (Å²) in [5, 5.41) is 0. The van der Waals surface area contributed by atoms with E-state index in [0.29, 0.717) is 16.2 Å². The smallest absolute Gasteiger partial charge is 0.180 e. The van der Waals surface area contributed by atoms with E-state index >= 15 is 0 Å². The van der Waals surface area contributed by atoms with Gasteiger partial charge in [0.2, 0.25) is 0 Å². The summed E-state index contributed by atoms with van der Waals surface area (Å²) in [5.74, 6) is 0.753. The predicted octanol–water partition coefficient (Wildman–Crippen LogP) is 4.90. The molecular formula is C20H22N6S2. The largest absolute Gasteiger partial charge is 0.396 e. The molecule has 0 bridgehead atoms. The highest BCUT2D eigenvalue weighted by Gasteiger charge is 2.18. The average Bonchev–Trinajstić information content (AvgIpc) is 3.22. The van der Waals surface area contributed by atoms with E-state index in [9.17, 15) is 0 Å². The molecule has 0 amide bonds. The highest BCUT2D eigenvalue weighted by molar-refractivity contribution is 7.99. The van der Waals surface area contributed by atoms with Crippen molar-refractivity contribution in [3.63, 3.8) is 0 Å². The van der Waals surface area contributed by atoms with Crippen LogP contribution in [0.25, 0.3) is 28.2 Å². The number of nitrogen functional groups attached to an aromatic ring is 1. The second kappa shape index (κ2) is 7.10. The van der Waals surface area contributed by atoms with Crippen molar-refractivity contribution in [2.75, 3.05) is 16.7 Å². The first-order chi connectivity index (χ1) is 13.4. The van der Waals surface area contributed by atoms with Gasteiger partial charge >= 0.3 is 0 Å². The molecule has 0 aliphatic carbocycles. The minimum Gasteiger partial charge on any atom is -0.396 e. The third-order valence-corrected chi connectivity index (χ3v) is 5.76. The predicted molar refractivity (Wildman–Crippen MR) is 122 cm³/mol. The van der Waals surface area contributed by atoms with Gasteiger partial charge in [0.25, 0.3) is 0 Å². The van der Waals surface area contributed by atoms with Crippen molar-refractivity contribution in [2.45, 2.75) is 25.7 Å². The molecule has 8 heteroatoms. The molecule has 4 N–H and O–H groups in total. The molecule has 28 heavy (non-hydrogen) atoms. The molecule has 4 rings (SSSR count). The van der Waals surface area contributed by atoms with E-state index in [4.69, 9.17) is 5.73 Å². The van der Waals surface area contributed by atoms with Gasteiger partial charge in [-0.05, 0) is 44.5 Å². The molecule has 0 spiro atoms. The number of aromatic amines is 1. The van der Waals surface area contributed by atoms with Crippen LogP contribution in [0.3, 0.4) is 0 Å². The first-order valence-corrected chi connectivity index (χ1v) is 10.5. The van der Waals surface area contributed by atoms with Gasteiger partial charge in [-0.1, -0.05) is 18.0 Å². The molecule has 0 saturated carbocycles. The molecule has 0 saturated heterocycles. The molecular weight excluding hydrogens is 388 g/mol. The Hall–Kier alpha value is -2.58. The summed E-state index contributed by atoms with van der Waals surface area (Å²) in [7, 11) is 0. The number of thiol groups is 1. The van der Waals surface area contributed by atoms with Gasteiger partial charge in [-0.25, -0.2) is 9.97 Å². The van der Waals surface area contributed by atoms with Gasteiger partial charge in [0.1, 0.15) is 11.3 Å². The van der Waals surface area contributed by atoms with E-state index < -0.39 is 0 Å². The number of aryl methyl sites for hydroxylation is 1. The minimum absolute atomic E-state index is 0.563. The molecule has 0 aliphatic heterocycles. The van der Waals surface area contributed by atoms with Gasteiger partial charge in [-0.3, -0.25) is 0 Å². The van der Waals surface area contributed by atoms with E-state index in [0.717, 1.165) is 39.7 Å². The van der Waals surface area contributed by atoms with E-state index in [-0.39, 0.29) is 0 Å². The quantitative estimate of drug-likeness (QED) is 0.284. The Balaban J connectivity index is 1.88. The van der Waals surface area contributed by atoms with Crippen molar-refractivity contribution in [1.82, 2.24) is 19.5 Å². The van der Waals surface area contributed by atoms with Crippen LogP contribution in [0.2, 0.25) is 0 Å². The molecule has 0 atom stereocenters. The van der Waals surface area contributed by atoms with Crippen LogP contribution in [-0.2, 0) is 0 Å². The normalized spacial score (nSPS) is 11.3. The zero-order valence-electron chi connectivity index (χ0n) is 16.2. The van der Waals surface area contributed by atoms with Crippen LogP contribution in [0.1, 0.15) is 17.0 Å². The first-order valence-electron chi connectivity index (χ1n) is 8.83. The maximum absolute atomic E-state index is 6.14. The molecule has 1 aromatic carbocycles. The lowest BCUT2D eigenvalue weighted by Crippen LogP contribution is -2.03. The Morgan fingerprint density at radius 1 is 1.25 bits per heavy atom. The number of aromatic nitrogens is 4. The fourth-order valence-corrected chi connectivity index (χ4v) is 4.16. The number of fused-ring (bicyclic) bond motifs is 1. The molecule has 0 aliphatic rings. The van der Waals surface area contributed by atoms with Crippen LogP contribution in [0.5, 0.6) is 0 Å². The Kier molecular flexibility index (Phi) is 4.76. The standard InChI is InChI=1S/C20H22N6S2/c1-10-8-13(19-23-18-17(21)16(27)9-22-20(18)24-19)12(3)26(10)15-7-5-6-14(11(15)2)25-28-4/h5-9,25,27H,1-4H3,(H3,21,22,23,24). The van der Waals surface area contributed by atoms with Crippen LogP contribution in [0, 0.1) is 20.8 Å². The van der Waals surface area contributed by atoms with Gasteiger partial charge in [-0.15, -0.1) is 12.6 Å². The molecule has 3 aromatic heterocycles. The second-order valence-electron chi connectivity index (χ2n) is 6.72. The SMILES string of the molecule is CSNc1cccc(-n2c(C)cc(-c3nc4ncc(S)c(N)c4[nH]3)c2C)c1C. The van der Waals surface area contributed by atoms with Crippen LogP contribution >= 0.6 is 24.6 Å². The summed E-state index contributed by atoms with van der Waals surface area (Å²) in [5.41, 5.74) is 14.7. The second-order valence-corrected chi connectivity index (χ2v) is 7.81. The number of hydrogen-bond acceptors (Lipinski definition) is 6. The number of H-pyrrole nitrogens is 1. The summed E-state index contributed by atoms with van der Waals surface area (Å²) in [6.07, 6.45) is 3.65. The number of rotatable bonds is 4. The van der Waals surface area contributed by atoms with Gasteiger partial charge in [0.15, 0.2) is 5.65 Å². The number of imidazole rings is 1. The third kappa shape index (κ3) is 2.93. The lowest BCUT2D eigenvalue weighted by molar-refractivity contribution is 0.956. The average molecular weight is 411 g/mol. The number of hydrogen-bond donors (Lipinski definition) is 4. The summed E-state index contributed by atoms with van der Waals surface area (Å²) in [4.78, 5) is 13.0. The van der Waals surface area contributed by atoms with Crippen LogP contribution in [0.15, 0.2) is 35.4 Å². The fourth-order valence-electron chi connectivity index (χ4n) is 3.55. The monoisotopic (exact) mass is 410 g/mol. The Bertz CT molecular complexity index is 1190. The summed E-state index contributed by atoms with van der Waals surface area (Å²) >= 11 is 5.94. The Morgan fingerprint density at radius 2 is 2.04 bits per heavy atom. The highest BCUT2D eigenvalue weighted by Crippen LogP contribution is 2.33. The van der Waals surface area contributed by atoms with E-state index in [1.165, 1.54) is 5.56 Å². The van der Waals surface area contributed by atoms with Crippen molar-refractivity contribution < 1.29 is 0 Å². The number of nitrogens with one attached hydrogen (secondary N) is 2. The number of nitrogens with zero attached hydrogens (tertiary/aromatic N) is 3. The fraction of sp³-hybridized carbons (Fsp3) is 0.200. The van der Waals surface area contributed by atoms with E-state index in [1.807, 2.05) is 6.26 Å². The topological polar surface area (TPSA) is 84.6 Å². The maximum Gasteiger partial charge on any atom is 0.180 e. The zero-order valence-corrected chi connectivity index (χ0v) is 17.9. The van der Waals surface area contributed by atoms with Crippen molar-refractivity contribution in [2.24, 2.45) is 0 Å². The molecule has 0 fully saturated rings. The van der Waals surface area contributed by atoms with Crippen LogP contribution in [0.4, 0.5) is 11.4 Å². The molecule has 0 radical (unpaired) electrons. The van der Waals surface area contributed by atoms with Crippen molar-refractivity contribution in [1.29, 1.82) is 0 Å². The zero-order chi connectivity index (χ0) is 20.0. The van der Waals surface area contributed by atoms with Gasteiger partial charge in [0.05, 0.1) is 11.4 Å². The molecule has 6 nitrogen and oxygen atoms in total. The van der Waals surface area contributed by atoms with Crippen LogP contribution < -0.4 is 10.5 Å². The summed E-state index contributed by atoms with van der Waals surface area (Å²) in [6, 6.07) is 8.43. The van der Waals surface area contributed by atoms with Crippen LogP contribution in [-0.4, -0.2) is 25.8 Å². The van der Waals surface area contributed by atoms with Crippen molar-refractivity contribution in [3.05, 3.63) is 47.4 Å². The lowest BCUT2D eigenvalue weighted by atomic mass is 10.1. The number of anilines is 2. The van der Waals surface area contributed by atoms with Crippen molar-refractivity contribution in [3.8, 4) is 17.1 Å². The number of benzene rings is 1. The summed E-state index contributed by atoms with van der Waals surface area (Å²) in [6.45, 7) is 6.34. The van der Waals surface area contributed by atoms with Gasteiger partial charge < -0.3 is 20.0 Å². The number of nitrogens with two attached hydrogens (primary N) is 1. The van der Waals surface area contributed by atoms with Gasteiger partial charge in [0, 0.05) is 40.0 Å². The van der Waals surface area contributed by atoms with E-state index in [1.54, 1.807) is 18.1 Å². The third-order valence-electron chi connectivity index (χ3n) is 4.98. The molecule has 144 valence electrons. The Morgan fingerprint density at radius 3 is 2.79 bits per heavy atom. The lowest BCUT2D eigenvalue weighted by Gasteiger charge is -2.16. The first kappa shape index (κ1) is 18.8. The van der Waals surface area contributed by atoms with Gasteiger partial charge in [-0.2, -0.15) is 0 Å².